The molecule has 1 aliphatic rings. The highest BCUT2D eigenvalue weighted by Gasteiger charge is 2.04. The van der Waals surface area contributed by atoms with Crippen LogP contribution in [0, 0.1) is 0 Å². The topological polar surface area (TPSA) is 80.2 Å². The van der Waals surface area contributed by atoms with Crippen molar-refractivity contribution in [1.82, 2.24) is 0 Å². The fraction of sp³-hybridized carbons (Fsp3) is 0.500. The molecule has 2 N–H and O–H groups in total. The monoisotopic (exact) mass is 126 g/mol. The zero-order valence-corrected chi connectivity index (χ0v) is 4.74. The summed E-state index contributed by atoms with van der Waals surface area (Å²) in [6.45, 7) is 0.336. The van der Waals surface area contributed by atoms with E-state index in [1.54, 1.807) is 0 Å². The number of rotatable bonds is 2. The molecule has 0 aromatic heterocycles. The van der Waals surface area contributed by atoms with E-state index >= 15 is 0 Å². The lowest BCUT2D eigenvalue weighted by Gasteiger charge is -1.86. The van der Waals surface area contributed by atoms with Gasteiger partial charge < -0.3 is 5.73 Å². The summed E-state index contributed by atoms with van der Waals surface area (Å²) in [5, 5.41) is 7.08. The third-order valence-corrected chi connectivity index (χ3v) is 0.835. The van der Waals surface area contributed by atoms with E-state index < -0.39 is 5.91 Å². The quantitative estimate of drug-likeness (QED) is 0.540. The lowest BCUT2D eigenvalue weighted by atomic mass is 10.4. The number of carbonyl (C=O) groups excluding carboxylic acids is 1. The average Bonchev–Trinajstić information content (AvgIpc) is 2.15. The first-order valence-corrected chi connectivity index (χ1v) is 2.48. The maximum absolute atomic E-state index is 10.2. The van der Waals surface area contributed by atoms with E-state index in [-0.39, 0.29) is 6.42 Å². The third-order valence-electron chi connectivity index (χ3n) is 0.835. The van der Waals surface area contributed by atoms with Crippen LogP contribution in [0.1, 0.15) is 6.42 Å². The summed E-state index contributed by atoms with van der Waals surface area (Å²) in [4.78, 5) is 14.0. The summed E-state index contributed by atoms with van der Waals surface area (Å²) in [5.74, 6) is 0.0112. The molecule has 0 bridgehead atoms. The Hall–Kier alpha value is -1.26. The number of amides is 1. The van der Waals surface area contributed by atoms with Crippen molar-refractivity contribution in [2.45, 2.75) is 6.42 Å². The fourth-order valence-corrected chi connectivity index (χ4v) is 0.505. The van der Waals surface area contributed by atoms with Gasteiger partial charge in [-0.05, 0) is 0 Å². The third kappa shape index (κ3) is 1.60. The number of nitrogens with two attached hydrogens (primary N) is 1. The number of aliphatic imine (C=N–C) groups is 1. The molecular formula is C4H6N4O. The summed E-state index contributed by atoms with van der Waals surface area (Å²) in [6.07, 6.45) is 0.101. The van der Waals surface area contributed by atoms with E-state index in [9.17, 15) is 4.79 Å². The van der Waals surface area contributed by atoms with Crippen molar-refractivity contribution in [2.75, 3.05) is 6.67 Å². The van der Waals surface area contributed by atoms with Crippen molar-refractivity contribution < 1.29 is 4.79 Å². The molecule has 0 unspecified atom stereocenters. The minimum atomic E-state index is -0.422. The van der Waals surface area contributed by atoms with Crippen LogP contribution in [0.5, 0.6) is 0 Å². The fourth-order valence-electron chi connectivity index (χ4n) is 0.505. The molecule has 0 atom stereocenters. The standard InChI is InChI=1S/C4H6N4O/c5-3(9)1-4-6-2-7-8-4/h1-2H2,(H2,5,9). The summed E-state index contributed by atoms with van der Waals surface area (Å²) in [7, 11) is 0. The predicted octanol–water partition coefficient (Wildman–Crippen LogP) is -0.316. The van der Waals surface area contributed by atoms with Gasteiger partial charge in [-0.25, -0.2) is 4.99 Å². The van der Waals surface area contributed by atoms with Gasteiger partial charge in [0.1, 0.15) is 0 Å². The van der Waals surface area contributed by atoms with Gasteiger partial charge in [0.25, 0.3) is 0 Å². The minimum Gasteiger partial charge on any atom is -0.369 e. The molecular weight excluding hydrogens is 120 g/mol. The molecule has 5 nitrogen and oxygen atoms in total. The minimum absolute atomic E-state index is 0.101. The number of nitrogens with zero attached hydrogens (tertiary/aromatic N) is 3. The van der Waals surface area contributed by atoms with Crippen molar-refractivity contribution in [3.8, 4) is 0 Å². The lowest BCUT2D eigenvalue weighted by molar-refractivity contribution is -0.116. The first kappa shape index (κ1) is 5.87. The van der Waals surface area contributed by atoms with Crippen LogP contribution in [0.4, 0.5) is 0 Å². The highest BCUT2D eigenvalue weighted by atomic mass is 16.1. The van der Waals surface area contributed by atoms with Gasteiger partial charge in [-0.3, -0.25) is 4.79 Å². The molecule has 1 rings (SSSR count). The molecule has 0 fully saturated rings. The van der Waals surface area contributed by atoms with Crippen LogP contribution in [0.25, 0.3) is 0 Å². The van der Waals surface area contributed by atoms with Crippen molar-refractivity contribution in [3.05, 3.63) is 0 Å². The number of amidine groups is 1. The van der Waals surface area contributed by atoms with Gasteiger partial charge in [0.05, 0.1) is 6.42 Å². The Balaban J connectivity index is 2.45. The maximum atomic E-state index is 10.2. The molecule has 0 saturated heterocycles. The Bertz CT molecular complexity index is 183. The van der Waals surface area contributed by atoms with Crippen molar-refractivity contribution in [2.24, 2.45) is 21.0 Å². The Morgan fingerprint density at radius 1 is 1.78 bits per heavy atom. The predicted molar refractivity (Wildman–Crippen MR) is 31.0 cm³/mol. The second-order valence-electron chi connectivity index (χ2n) is 1.60. The lowest BCUT2D eigenvalue weighted by Crippen LogP contribution is -2.14. The molecule has 0 radical (unpaired) electrons. The molecule has 1 amide bonds. The summed E-state index contributed by atoms with van der Waals surface area (Å²) >= 11 is 0. The number of azo groups is 1. The van der Waals surface area contributed by atoms with Crippen LogP contribution in [-0.4, -0.2) is 18.4 Å². The zero-order chi connectivity index (χ0) is 6.69. The van der Waals surface area contributed by atoms with Gasteiger partial charge in [-0.1, -0.05) is 0 Å². The number of hydrogen-bond donors (Lipinski definition) is 1. The van der Waals surface area contributed by atoms with E-state index in [0.717, 1.165) is 0 Å². The number of carbonyl (C=O) groups is 1. The van der Waals surface area contributed by atoms with Gasteiger partial charge in [0.2, 0.25) is 5.91 Å². The van der Waals surface area contributed by atoms with Gasteiger partial charge in [0.15, 0.2) is 12.5 Å². The van der Waals surface area contributed by atoms with Crippen LogP contribution in [0.3, 0.4) is 0 Å². The molecule has 48 valence electrons. The van der Waals surface area contributed by atoms with E-state index in [0.29, 0.717) is 12.5 Å². The molecule has 1 heterocycles. The van der Waals surface area contributed by atoms with Crippen LogP contribution in [0.2, 0.25) is 0 Å². The van der Waals surface area contributed by atoms with Crippen molar-refractivity contribution in [3.63, 3.8) is 0 Å². The summed E-state index contributed by atoms with van der Waals surface area (Å²) < 4.78 is 0. The van der Waals surface area contributed by atoms with Crippen LogP contribution >= 0.6 is 0 Å². The summed E-state index contributed by atoms with van der Waals surface area (Å²) in [6, 6.07) is 0. The summed E-state index contributed by atoms with van der Waals surface area (Å²) in [5.41, 5.74) is 4.85. The smallest absolute Gasteiger partial charge is 0.225 e. The van der Waals surface area contributed by atoms with Crippen LogP contribution in [-0.2, 0) is 4.79 Å². The Morgan fingerprint density at radius 3 is 3.00 bits per heavy atom. The Morgan fingerprint density at radius 2 is 2.56 bits per heavy atom. The number of hydrogen-bond acceptors (Lipinski definition) is 4. The highest BCUT2D eigenvalue weighted by Crippen LogP contribution is 1.97. The normalized spacial score (nSPS) is 15.8. The van der Waals surface area contributed by atoms with Crippen LogP contribution < -0.4 is 5.73 Å². The van der Waals surface area contributed by atoms with E-state index in [4.69, 9.17) is 5.73 Å². The molecule has 1 aliphatic heterocycles. The van der Waals surface area contributed by atoms with Crippen molar-refractivity contribution in [1.29, 1.82) is 0 Å². The molecule has 0 aromatic rings. The Labute approximate surface area is 51.7 Å². The second-order valence-corrected chi connectivity index (χ2v) is 1.60. The Kier molecular flexibility index (Phi) is 1.53. The molecule has 0 saturated carbocycles. The molecule has 0 spiro atoms. The van der Waals surface area contributed by atoms with E-state index in [1.807, 2.05) is 0 Å². The second kappa shape index (κ2) is 2.34. The first-order valence-electron chi connectivity index (χ1n) is 2.48. The van der Waals surface area contributed by atoms with Crippen LogP contribution in [0.15, 0.2) is 15.2 Å². The zero-order valence-electron chi connectivity index (χ0n) is 4.74. The maximum Gasteiger partial charge on any atom is 0.225 e. The largest absolute Gasteiger partial charge is 0.369 e. The molecule has 9 heavy (non-hydrogen) atoms. The van der Waals surface area contributed by atoms with Gasteiger partial charge in [-0.2, -0.15) is 5.11 Å². The first-order chi connectivity index (χ1) is 4.29. The van der Waals surface area contributed by atoms with E-state index in [1.165, 1.54) is 0 Å². The van der Waals surface area contributed by atoms with Gasteiger partial charge in [-0.15, -0.1) is 5.11 Å². The average molecular weight is 126 g/mol. The molecule has 5 heteroatoms. The molecule has 0 aromatic carbocycles. The van der Waals surface area contributed by atoms with Gasteiger partial charge in [0, 0.05) is 0 Å². The van der Waals surface area contributed by atoms with E-state index in [2.05, 4.69) is 15.2 Å². The van der Waals surface area contributed by atoms with Crippen molar-refractivity contribution >= 4 is 11.7 Å². The SMILES string of the molecule is NC(=O)CC1=NCN=N1. The van der Waals surface area contributed by atoms with Gasteiger partial charge >= 0.3 is 0 Å². The molecule has 0 aliphatic carbocycles. The highest BCUT2D eigenvalue weighted by molar-refractivity contribution is 5.99. The number of primary amides is 1.